The van der Waals surface area contributed by atoms with E-state index in [1.54, 1.807) is 0 Å². The van der Waals surface area contributed by atoms with Crippen LogP contribution in [0.15, 0.2) is 12.1 Å². The molecule has 1 aliphatic rings. The molecule has 8 nitrogen and oxygen atoms in total. The highest BCUT2D eigenvalue weighted by atomic mass is 16.7. The monoisotopic (exact) mass is 281 g/mol. The maximum Gasteiger partial charge on any atom is 0.296 e. The van der Waals surface area contributed by atoms with E-state index in [0.717, 1.165) is 6.42 Å². The predicted octanol–water partition coefficient (Wildman–Crippen LogP) is 1.39. The molecule has 2 rings (SSSR count). The van der Waals surface area contributed by atoms with E-state index in [9.17, 15) is 14.9 Å². The van der Waals surface area contributed by atoms with Crippen molar-refractivity contribution in [2.75, 3.05) is 12.1 Å². The van der Waals surface area contributed by atoms with Crippen LogP contribution < -0.4 is 20.5 Å². The number of carbonyl (C=O) groups is 1. The Labute approximate surface area is 115 Å². The van der Waals surface area contributed by atoms with E-state index in [1.165, 1.54) is 12.1 Å². The zero-order chi connectivity index (χ0) is 14.7. The normalized spacial score (nSPS) is 13.9. The summed E-state index contributed by atoms with van der Waals surface area (Å²) < 4.78 is 10.2. The van der Waals surface area contributed by atoms with Crippen LogP contribution in [0, 0.1) is 10.1 Å². The number of fused-ring (bicyclic) bond motifs is 1. The van der Waals surface area contributed by atoms with Gasteiger partial charge in [0.25, 0.3) is 5.69 Å². The van der Waals surface area contributed by atoms with E-state index in [2.05, 4.69) is 5.32 Å². The lowest BCUT2D eigenvalue weighted by atomic mass is 10.1. The van der Waals surface area contributed by atoms with Crippen molar-refractivity contribution in [3.05, 3.63) is 22.2 Å². The molecule has 0 aliphatic carbocycles. The Kier molecular flexibility index (Phi) is 4.04. The summed E-state index contributed by atoms with van der Waals surface area (Å²) in [6.45, 7) is 1.90. The number of amides is 1. The van der Waals surface area contributed by atoms with Crippen molar-refractivity contribution in [1.82, 2.24) is 0 Å². The minimum atomic E-state index is -0.704. The Morgan fingerprint density at radius 1 is 1.50 bits per heavy atom. The summed E-state index contributed by atoms with van der Waals surface area (Å²) in [5.74, 6) is 0.177. The van der Waals surface area contributed by atoms with Crippen LogP contribution in [0.3, 0.4) is 0 Å². The van der Waals surface area contributed by atoms with Crippen LogP contribution in [-0.4, -0.2) is 23.7 Å². The van der Waals surface area contributed by atoms with E-state index < -0.39 is 16.9 Å². The predicted molar refractivity (Wildman–Crippen MR) is 70.7 cm³/mol. The summed E-state index contributed by atoms with van der Waals surface area (Å²) in [7, 11) is 0. The van der Waals surface area contributed by atoms with Gasteiger partial charge in [-0.25, -0.2) is 0 Å². The van der Waals surface area contributed by atoms with Crippen molar-refractivity contribution < 1.29 is 19.2 Å². The molecule has 1 atom stereocenters. The van der Waals surface area contributed by atoms with E-state index in [0.29, 0.717) is 12.2 Å². The van der Waals surface area contributed by atoms with Gasteiger partial charge < -0.3 is 20.5 Å². The fourth-order valence-corrected chi connectivity index (χ4v) is 1.85. The van der Waals surface area contributed by atoms with Crippen LogP contribution in [0.5, 0.6) is 11.5 Å². The molecule has 108 valence electrons. The minimum Gasteiger partial charge on any atom is -0.454 e. The third-order valence-corrected chi connectivity index (χ3v) is 2.88. The van der Waals surface area contributed by atoms with Gasteiger partial charge in [0, 0.05) is 6.07 Å². The van der Waals surface area contributed by atoms with Gasteiger partial charge >= 0.3 is 0 Å². The van der Waals surface area contributed by atoms with Crippen molar-refractivity contribution in [2.24, 2.45) is 5.73 Å². The Hall–Kier alpha value is -2.35. The first-order valence-electron chi connectivity index (χ1n) is 6.17. The van der Waals surface area contributed by atoms with Crippen molar-refractivity contribution in [3.63, 3.8) is 0 Å². The molecule has 0 saturated carbocycles. The van der Waals surface area contributed by atoms with E-state index in [4.69, 9.17) is 15.2 Å². The van der Waals surface area contributed by atoms with Gasteiger partial charge in [0.15, 0.2) is 11.5 Å². The molecule has 20 heavy (non-hydrogen) atoms. The molecule has 8 heteroatoms. The molecule has 3 N–H and O–H groups in total. The minimum absolute atomic E-state index is 0.000758. The summed E-state index contributed by atoms with van der Waals surface area (Å²) in [4.78, 5) is 22.3. The van der Waals surface area contributed by atoms with Gasteiger partial charge in [-0.2, -0.15) is 0 Å². The van der Waals surface area contributed by atoms with Crippen LogP contribution in [0.2, 0.25) is 0 Å². The Bertz CT molecular complexity index is 546. The van der Waals surface area contributed by atoms with Crippen molar-refractivity contribution in [3.8, 4) is 11.5 Å². The molecule has 1 aromatic carbocycles. The first kappa shape index (κ1) is 14.1. The average Bonchev–Trinajstić information content (AvgIpc) is 2.84. The zero-order valence-electron chi connectivity index (χ0n) is 10.9. The summed E-state index contributed by atoms with van der Waals surface area (Å²) in [5, 5.41) is 13.5. The number of nitrogens with two attached hydrogens (primary N) is 1. The Morgan fingerprint density at radius 2 is 2.15 bits per heavy atom. The highest BCUT2D eigenvalue weighted by Crippen LogP contribution is 2.40. The number of benzene rings is 1. The van der Waals surface area contributed by atoms with Crippen molar-refractivity contribution >= 4 is 17.3 Å². The van der Waals surface area contributed by atoms with Gasteiger partial charge in [0.2, 0.25) is 12.7 Å². The van der Waals surface area contributed by atoms with Gasteiger partial charge in [0.05, 0.1) is 17.0 Å². The van der Waals surface area contributed by atoms with Gasteiger partial charge in [-0.05, 0) is 6.42 Å². The molecule has 1 heterocycles. The van der Waals surface area contributed by atoms with Gasteiger partial charge in [-0.15, -0.1) is 0 Å². The summed E-state index contributed by atoms with van der Waals surface area (Å²) in [6.07, 6.45) is 1.25. The maximum absolute atomic E-state index is 11.8. The highest BCUT2D eigenvalue weighted by molar-refractivity contribution is 5.97. The number of nitrogens with zero attached hydrogens (tertiary/aromatic N) is 1. The third kappa shape index (κ3) is 2.80. The second-order valence-electron chi connectivity index (χ2n) is 4.36. The Morgan fingerprint density at radius 3 is 2.75 bits per heavy atom. The summed E-state index contributed by atoms with van der Waals surface area (Å²) >= 11 is 0. The summed E-state index contributed by atoms with van der Waals surface area (Å²) in [5.41, 5.74) is 5.47. The van der Waals surface area contributed by atoms with Gasteiger partial charge in [-0.1, -0.05) is 13.3 Å². The average molecular weight is 281 g/mol. The molecule has 0 fully saturated rings. The molecular weight excluding hydrogens is 266 g/mol. The standard InChI is InChI=1S/C12H15N3O5/c1-2-3-7(13)12(16)14-8-4-10-11(20-6-19-10)5-9(8)15(17)18/h4-5,7H,2-3,6,13H2,1H3,(H,14,16). The second-order valence-corrected chi connectivity index (χ2v) is 4.36. The number of hydrogen-bond donors (Lipinski definition) is 2. The first-order chi connectivity index (χ1) is 9.52. The fraction of sp³-hybridized carbons (Fsp3) is 0.417. The maximum atomic E-state index is 11.8. The molecule has 0 bridgehead atoms. The van der Waals surface area contributed by atoms with Crippen LogP contribution in [-0.2, 0) is 4.79 Å². The van der Waals surface area contributed by atoms with Gasteiger partial charge in [0.1, 0.15) is 5.69 Å². The van der Waals surface area contributed by atoms with E-state index in [1.807, 2.05) is 6.92 Å². The number of hydrogen-bond acceptors (Lipinski definition) is 6. The first-order valence-corrected chi connectivity index (χ1v) is 6.17. The van der Waals surface area contributed by atoms with Crippen molar-refractivity contribution in [2.45, 2.75) is 25.8 Å². The topological polar surface area (TPSA) is 117 Å². The van der Waals surface area contributed by atoms with Gasteiger partial charge in [-0.3, -0.25) is 14.9 Å². The molecule has 1 aromatic rings. The molecule has 0 aromatic heterocycles. The second kappa shape index (κ2) is 5.74. The van der Waals surface area contributed by atoms with E-state index >= 15 is 0 Å². The lowest BCUT2D eigenvalue weighted by molar-refractivity contribution is -0.384. The molecule has 0 saturated heterocycles. The van der Waals surface area contributed by atoms with Crippen LogP contribution in [0.4, 0.5) is 11.4 Å². The number of ether oxygens (including phenoxy) is 2. The smallest absolute Gasteiger partial charge is 0.296 e. The molecule has 1 aliphatic heterocycles. The molecule has 1 unspecified atom stereocenters. The lowest BCUT2D eigenvalue weighted by Crippen LogP contribution is -2.35. The van der Waals surface area contributed by atoms with Crippen LogP contribution >= 0.6 is 0 Å². The largest absolute Gasteiger partial charge is 0.454 e. The number of nitrogens with one attached hydrogen (secondary N) is 1. The summed E-state index contributed by atoms with van der Waals surface area (Å²) in [6, 6.07) is 1.89. The number of nitro benzene ring substituents is 1. The zero-order valence-corrected chi connectivity index (χ0v) is 10.9. The van der Waals surface area contributed by atoms with Crippen LogP contribution in [0.25, 0.3) is 0 Å². The molecule has 0 spiro atoms. The third-order valence-electron chi connectivity index (χ3n) is 2.88. The van der Waals surface area contributed by atoms with Crippen molar-refractivity contribution in [1.29, 1.82) is 0 Å². The number of nitro groups is 1. The molecular formula is C12H15N3O5. The number of anilines is 1. The molecule has 0 radical (unpaired) electrons. The van der Waals surface area contributed by atoms with E-state index in [-0.39, 0.29) is 23.9 Å². The SMILES string of the molecule is CCCC(N)C(=O)Nc1cc2c(cc1[N+](=O)[O-])OCO2. The van der Waals surface area contributed by atoms with Crippen LogP contribution in [0.1, 0.15) is 19.8 Å². The lowest BCUT2D eigenvalue weighted by Gasteiger charge is -2.11. The number of rotatable bonds is 5. The number of carbonyl (C=O) groups excluding carboxylic acids is 1. The molecule has 1 amide bonds. The Balaban J connectivity index is 2.26. The quantitative estimate of drug-likeness (QED) is 0.622. The fourth-order valence-electron chi connectivity index (χ4n) is 1.85. The highest BCUT2D eigenvalue weighted by Gasteiger charge is 2.25.